The van der Waals surface area contributed by atoms with Gasteiger partial charge in [0, 0.05) is 5.75 Å². The predicted octanol–water partition coefficient (Wildman–Crippen LogP) is 6.00. The number of benzene rings is 3. The Balaban J connectivity index is 1.71. The lowest BCUT2D eigenvalue weighted by Gasteiger charge is -2.17. The minimum atomic E-state index is -0.290. The van der Waals surface area contributed by atoms with Crippen LogP contribution in [0.15, 0.2) is 83.8 Å². The molecular formula is C27H25NO3S. The second-order valence-corrected chi connectivity index (χ2v) is 8.57. The predicted molar refractivity (Wildman–Crippen MR) is 131 cm³/mol. The maximum atomic E-state index is 13.6. The summed E-state index contributed by atoms with van der Waals surface area (Å²) in [5.41, 5.74) is 3.77. The second kappa shape index (κ2) is 9.88. The number of ether oxygens (including phenoxy) is 1. The van der Waals surface area contributed by atoms with E-state index < -0.39 is 0 Å². The molecule has 0 aromatic heterocycles. The smallest absolute Gasteiger partial charge is 0.272 e. The number of anilines is 1. The average molecular weight is 444 g/mol. The number of imide groups is 1. The van der Waals surface area contributed by atoms with E-state index in [0.29, 0.717) is 28.5 Å². The van der Waals surface area contributed by atoms with Crippen LogP contribution in [0.4, 0.5) is 5.69 Å². The van der Waals surface area contributed by atoms with Crippen molar-refractivity contribution in [2.24, 2.45) is 0 Å². The molecule has 0 saturated heterocycles. The molecule has 0 saturated carbocycles. The fourth-order valence-electron chi connectivity index (χ4n) is 3.60. The van der Waals surface area contributed by atoms with E-state index in [1.165, 1.54) is 16.7 Å². The molecule has 3 aromatic rings. The van der Waals surface area contributed by atoms with Crippen molar-refractivity contribution in [3.63, 3.8) is 0 Å². The zero-order valence-corrected chi connectivity index (χ0v) is 19.0. The highest BCUT2D eigenvalue weighted by Gasteiger charge is 2.40. The summed E-state index contributed by atoms with van der Waals surface area (Å²) in [6.45, 7) is 4.60. The first-order chi connectivity index (χ1) is 15.6. The number of thioether (sulfide) groups is 1. The molecule has 0 N–H and O–H groups in total. The lowest BCUT2D eigenvalue weighted by Crippen LogP contribution is -2.31. The molecule has 0 aliphatic carbocycles. The Morgan fingerprint density at radius 3 is 2.22 bits per heavy atom. The van der Waals surface area contributed by atoms with Gasteiger partial charge in [0.25, 0.3) is 11.8 Å². The maximum Gasteiger partial charge on any atom is 0.272 e. The van der Waals surface area contributed by atoms with Crippen LogP contribution in [-0.2, 0) is 15.3 Å². The van der Waals surface area contributed by atoms with Gasteiger partial charge in [0.15, 0.2) is 0 Å². The molecule has 0 bridgehead atoms. The zero-order chi connectivity index (χ0) is 22.5. The Kier molecular flexibility index (Phi) is 6.76. The third-order valence-corrected chi connectivity index (χ3v) is 6.38. The van der Waals surface area contributed by atoms with Gasteiger partial charge in [0.05, 0.1) is 22.8 Å². The Hall–Kier alpha value is -3.31. The van der Waals surface area contributed by atoms with Gasteiger partial charge < -0.3 is 4.74 Å². The lowest BCUT2D eigenvalue weighted by molar-refractivity contribution is -0.119. The molecule has 4 nitrogen and oxygen atoms in total. The molecular weight excluding hydrogens is 418 g/mol. The summed E-state index contributed by atoms with van der Waals surface area (Å²) in [6, 6.07) is 24.8. The van der Waals surface area contributed by atoms with Crippen molar-refractivity contribution in [3.05, 3.63) is 100 Å². The highest BCUT2D eigenvalue weighted by atomic mass is 32.2. The van der Waals surface area contributed by atoms with E-state index in [0.717, 1.165) is 28.9 Å². The first-order valence-electron chi connectivity index (χ1n) is 10.7. The van der Waals surface area contributed by atoms with Gasteiger partial charge >= 0.3 is 0 Å². The maximum absolute atomic E-state index is 13.6. The average Bonchev–Trinajstić information content (AvgIpc) is 3.07. The van der Waals surface area contributed by atoms with Gasteiger partial charge in [-0.1, -0.05) is 67.6 Å². The molecule has 3 aromatic carbocycles. The van der Waals surface area contributed by atoms with Crippen molar-refractivity contribution < 1.29 is 14.3 Å². The first-order valence-corrected chi connectivity index (χ1v) is 11.7. The summed E-state index contributed by atoms with van der Waals surface area (Å²) in [7, 11) is 0. The third kappa shape index (κ3) is 4.48. The van der Waals surface area contributed by atoms with E-state index in [1.54, 1.807) is 0 Å². The molecule has 32 heavy (non-hydrogen) atoms. The molecule has 2 amide bonds. The highest BCUT2D eigenvalue weighted by Crippen LogP contribution is 2.40. The number of carbonyl (C=O) groups is 2. The summed E-state index contributed by atoms with van der Waals surface area (Å²) in [6.07, 6.45) is 0.922. The molecule has 0 spiro atoms. The van der Waals surface area contributed by atoms with E-state index in [2.05, 4.69) is 6.92 Å². The minimum Gasteiger partial charge on any atom is -0.494 e. The van der Waals surface area contributed by atoms with Gasteiger partial charge in [-0.25, -0.2) is 4.90 Å². The Morgan fingerprint density at radius 1 is 0.844 bits per heavy atom. The van der Waals surface area contributed by atoms with Crippen LogP contribution < -0.4 is 9.64 Å². The lowest BCUT2D eigenvalue weighted by atomic mass is 10.1. The standard InChI is InChI=1S/C27H25NO3S/c1-3-17-31-22-15-13-21(14-16-22)24-25(32-18-20-10-5-4-6-11-20)27(30)28(26(24)29)23-12-8-7-9-19(23)2/h4-16H,3,17-18H2,1-2H3. The van der Waals surface area contributed by atoms with Crippen molar-refractivity contribution in [2.45, 2.75) is 26.0 Å². The number of rotatable bonds is 8. The van der Waals surface area contributed by atoms with Crippen LogP contribution in [0.1, 0.15) is 30.0 Å². The number of para-hydroxylation sites is 1. The van der Waals surface area contributed by atoms with Crippen LogP contribution in [-0.4, -0.2) is 18.4 Å². The summed E-state index contributed by atoms with van der Waals surface area (Å²) < 4.78 is 5.68. The number of nitrogens with zero attached hydrogens (tertiary/aromatic N) is 1. The largest absolute Gasteiger partial charge is 0.494 e. The number of hydrogen-bond acceptors (Lipinski definition) is 4. The van der Waals surface area contributed by atoms with Crippen molar-refractivity contribution >= 4 is 34.8 Å². The minimum absolute atomic E-state index is 0.272. The van der Waals surface area contributed by atoms with Gasteiger partial charge in [-0.3, -0.25) is 9.59 Å². The molecule has 1 aliphatic heterocycles. The van der Waals surface area contributed by atoms with Crippen molar-refractivity contribution in [3.8, 4) is 5.75 Å². The number of carbonyl (C=O) groups excluding carboxylic acids is 2. The summed E-state index contributed by atoms with van der Waals surface area (Å²) in [4.78, 5) is 28.8. The van der Waals surface area contributed by atoms with Crippen molar-refractivity contribution in [1.29, 1.82) is 0 Å². The monoisotopic (exact) mass is 443 g/mol. The molecule has 4 rings (SSSR count). The van der Waals surface area contributed by atoms with Gasteiger partial charge in [-0.05, 0) is 48.2 Å². The van der Waals surface area contributed by atoms with Crippen molar-refractivity contribution in [1.82, 2.24) is 0 Å². The van der Waals surface area contributed by atoms with E-state index in [-0.39, 0.29) is 11.8 Å². The fourth-order valence-corrected chi connectivity index (χ4v) is 4.67. The fraction of sp³-hybridized carbons (Fsp3) is 0.185. The van der Waals surface area contributed by atoms with E-state index in [4.69, 9.17) is 4.74 Å². The van der Waals surface area contributed by atoms with Crippen LogP contribution in [0.3, 0.4) is 0 Å². The van der Waals surface area contributed by atoms with Crippen LogP contribution in [0.5, 0.6) is 5.75 Å². The Bertz CT molecular complexity index is 1150. The Morgan fingerprint density at radius 2 is 1.53 bits per heavy atom. The van der Waals surface area contributed by atoms with E-state index >= 15 is 0 Å². The number of aryl methyl sites for hydroxylation is 1. The SMILES string of the molecule is CCCOc1ccc(C2=C(SCc3ccccc3)C(=O)N(c3ccccc3C)C2=O)cc1. The van der Waals surface area contributed by atoms with Crippen LogP contribution in [0.25, 0.3) is 5.57 Å². The number of hydrogen-bond donors (Lipinski definition) is 0. The van der Waals surface area contributed by atoms with Crippen molar-refractivity contribution in [2.75, 3.05) is 11.5 Å². The number of amides is 2. The zero-order valence-electron chi connectivity index (χ0n) is 18.2. The quantitative estimate of drug-likeness (QED) is 0.401. The molecule has 0 unspecified atom stereocenters. The van der Waals surface area contributed by atoms with Gasteiger partial charge in [-0.15, -0.1) is 11.8 Å². The summed E-state index contributed by atoms with van der Waals surface area (Å²) in [5, 5.41) is 0. The molecule has 162 valence electrons. The van der Waals surface area contributed by atoms with E-state index in [9.17, 15) is 9.59 Å². The summed E-state index contributed by atoms with van der Waals surface area (Å²) in [5.74, 6) is 0.800. The molecule has 0 fully saturated rings. The molecule has 1 heterocycles. The van der Waals surface area contributed by atoms with Gasteiger partial charge in [0.1, 0.15) is 5.75 Å². The van der Waals surface area contributed by atoms with E-state index in [1.807, 2.05) is 85.8 Å². The first kappa shape index (κ1) is 21.9. The van der Waals surface area contributed by atoms with Crippen LogP contribution in [0, 0.1) is 6.92 Å². The summed E-state index contributed by atoms with van der Waals surface area (Å²) >= 11 is 1.41. The second-order valence-electron chi connectivity index (χ2n) is 7.58. The Labute approximate surface area is 192 Å². The molecule has 0 radical (unpaired) electrons. The topological polar surface area (TPSA) is 46.6 Å². The third-order valence-electron chi connectivity index (χ3n) is 5.24. The van der Waals surface area contributed by atoms with Crippen LogP contribution in [0.2, 0.25) is 0 Å². The normalized spacial score (nSPS) is 13.8. The molecule has 1 aliphatic rings. The van der Waals surface area contributed by atoms with Crippen LogP contribution >= 0.6 is 11.8 Å². The molecule has 0 atom stereocenters. The van der Waals surface area contributed by atoms with Gasteiger partial charge in [0.2, 0.25) is 0 Å². The molecule has 5 heteroatoms. The highest BCUT2D eigenvalue weighted by molar-refractivity contribution is 8.03. The van der Waals surface area contributed by atoms with Gasteiger partial charge in [-0.2, -0.15) is 0 Å².